The third kappa shape index (κ3) is 13.9. The summed E-state index contributed by atoms with van der Waals surface area (Å²) in [5.41, 5.74) is 1.27. The van der Waals surface area contributed by atoms with Crippen molar-refractivity contribution in [2.24, 2.45) is 5.92 Å². The summed E-state index contributed by atoms with van der Waals surface area (Å²) in [5, 5.41) is 3.44. The molecule has 0 heterocycles. The normalized spacial score (nSPS) is 12.4. The molecule has 0 saturated heterocycles. The zero-order chi connectivity index (χ0) is 23.4. The van der Waals surface area contributed by atoms with E-state index in [0.29, 0.717) is 30.7 Å². The first kappa shape index (κ1) is 31.0. The van der Waals surface area contributed by atoms with Crippen LogP contribution in [-0.4, -0.2) is 25.9 Å². The van der Waals surface area contributed by atoms with Crippen LogP contribution < -0.4 is 5.32 Å². The Bertz CT molecular complexity index is 492. The third-order valence-electron chi connectivity index (χ3n) is 4.63. The number of hydrogen-bond acceptors (Lipinski definition) is 3. The van der Waals surface area contributed by atoms with Crippen LogP contribution in [-0.2, 0) is 9.47 Å². The number of alkyl halides is 1. The molecule has 1 aromatic rings. The lowest BCUT2D eigenvalue weighted by Crippen LogP contribution is -2.21. The Morgan fingerprint density at radius 2 is 1.57 bits per heavy atom. The van der Waals surface area contributed by atoms with Crippen molar-refractivity contribution in [2.45, 2.75) is 99.8 Å². The van der Waals surface area contributed by atoms with E-state index in [1.807, 2.05) is 40.7 Å². The van der Waals surface area contributed by atoms with Crippen molar-refractivity contribution in [3.63, 3.8) is 0 Å². The van der Waals surface area contributed by atoms with E-state index in [4.69, 9.17) is 9.47 Å². The molecular weight excluding hydrogens is 384 g/mol. The summed E-state index contributed by atoms with van der Waals surface area (Å²) in [6.45, 7) is 17.1. The summed E-state index contributed by atoms with van der Waals surface area (Å²) in [6.07, 6.45) is 4.33. The smallest absolute Gasteiger partial charge is 0.186 e. The molecule has 2 unspecified atom stereocenters. The summed E-state index contributed by atoms with van der Waals surface area (Å²) in [6, 6.07) is 5.57. The van der Waals surface area contributed by atoms with Crippen molar-refractivity contribution in [3.05, 3.63) is 29.6 Å². The molecule has 5 heteroatoms. The van der Waals surface area contributed by atoms with E-state index in [1.165, 1.54) is 0 Å². The highest BCUT2D eigenvalue weighted by Gasteiger charge is 2.17. The molecule has 3 nitrogen and oxygen atoms in total. The van der Waals surface area contributed by atoms with Gasteiger partial charge in [0.15, 0.2) is 6.29 Å². The van der Waals surface area contributed by atoms with E-state index in [0.717, 1.165) is 37.8 Å². The number of halogens is 2. The lowest BCUT2D eigenvalue weighted by molar-refractivity contribution is -0.141. The minimum atomic E-state index is -0.638. The van der Waals surface area contributed by atoms with Gasteiger partial charge < -0.3 is 14.8 Å². The van der Waals surface area contributed by atoms with Gasteiger partial charge in [-0.3, -0.25) is 4.39 Å². The van der Waals surface area contributed by atoms with Crippen molar-refractivity contribution in [1.29, 1.82) is 0 Å². The van der Waals surface area contributed by atoms with Crippen LogP contribution in [0.2, 0.25) is 0 Å². The average Bonchev–Trinajstić information content (AvgIpc) is 2.75. The molecule has 1 aromatic carbocycles. The van der Waals surface area contributed by atoms with Gasteiger partial charge in [-0.05, 0) is 57.2 Å². The molecule has 0 aliphatic carbocycles. The molecule has 0 bridgehead atoms. The Kier molecular flexibility index (Phi) is 21.7. The first-order chi connectivity index (χ1) is 14.5. The van der Waals surface area contributed by atoms with Crippen molar-refractivity contribution < 1.29 is 18.3 Å². The molecule has 1 rings (SSSR count). The van der Waals surface area contributed by atoms with Gasteiger partial charge in [-0.25, -0.2) is 4.39 Å². The Balaban J connectivity index is 0. The molecule has 178 valence electrons. The molecule has 1 N–H and O–H groups in total. The number of unbranched alkanes of at least 4 members (excludes halogenated alkanes) is 1. The van der Waals surface area contributed by atoms with Crippen LogP contribution in [0, 0.1) is 11.7 Å². The minimum Gasteiger partial charge on any atom is -0.382 e. The second kappa shape index (κ2) is 21.0. The van der Waals surface area contributed by atoms with Crippen molar-refractivity contribution in [3.8, 4) is 0 Å². The van der Waals surface area contributed by atoms with Crippen molar-refractivity contribution >= 4 is 5.69 Å². The number of benzene rings is 1. The van der Waals surface area contributed by atoms with Crippen LogP contribution >= 0.6 is 0 Å². The summed E-state index contributed by atoms with van der Waals surface area (Å²) < 4.78 is 36.4. The maximum Gasteiger partial charge on any atom is 0.186 e. The maximum absolute atomic E-state index is 14.4. The fourth-order valence-electron chi connectivity index (χ4n) is 2.69. The molecule has 0 radical (unpaired) electrons. The lowest BCUT2D eigenvalue weighted by atomic mass is 9.97. The number of hydrogen-bond donors (Lipinski definition) is 1. The second-order valence-electron chi connectivity index (χ2n) is 7.02. The van der Waals surface area contributed by atoms with Gasteiger partial charge in [-0.1, -0.05) is 54.4 Å². The largest absolute Gasteiger partial charge is 0.382 e. The number of rotatable bonds is 13. The van der Waals surface area contributed by atoms with Gasteiger partial charge >= 0.3 is 0 Å². The highest BCUT2D eigenvalue weighted by molar-refractivity contribution is 5.46. The Hall–Kier alpha value is -1.20. The summed E-state index contributed by atoms with van der Waals surface area (Å²) in [7, 11) is 0. The SMILES string of the molecule is CC.CCCCF.CCOC(OCC)c1ccc(NC(CC)CC(C)CC)cc1F. The number of nitrogens with one attached hydrogen (secondary N) is 1. The first-order valence-corrected chi connectivity index (χ1v) is 11.8. The van der Waals surface area contributed by atoms with E-state index in [9.17, 15) is 8.78 Å². The van der Waals surface area contributed by atoms with Crippen molar-refractivity contribution in [2.75, 3.05) is 25.2 Å². The molecule has 30 heavy (non-hydrogen) atoms. The minimum absolute atomic E-state index is 0.156. The van der Waals surface area contributed by atoms with Gasteiger partial charge in [0.2, 0.25) is 0 Å². The summed E-state index contributed by atoms with van der Waals surface area (Å²) in [5.74, 6) is 0.372. The van der Waals surface area contributed by atoms with E-state index in [1.54, 1.807) is 12.1 Å². The predicted molar refractivity (Wildman–Crippen MR) is 126 cm³/mol. The van der Waals surface area contributed by atoms with Crippen LogP contribution in [0.1, 0.15) is 99.3 Å². The average molecular weight is 432 g/mol. The van der Waals surface area contributed by atoms with Crippen molar-refractivity contribution in [1.82, 2.24) is 0 Å². The van der Waals surface area contributed by atoms with Crippen LogP contribution in [0.3, 0.4) is 0 Å². The highest BCUT2D eigenvalue weighted by atomic mass is 19.1. The standard InChI is InChI=1S/C19H32FNO2.C4H9F.C2H6/c1-6-14(5)12-15(7-2)21-16-10-11-17(18(20)13-16)19(22-8-3)23-9-4;1-2-3-4-5;1-2/h10-11,13-15,19,21H,6-9,12H2,1-5H3;2-4H2,1H3;1-2H3. The fraction of sp³-hybridized carbons (Fsp3) is 0.760. The quantitative estimate of drug-likeness (QED) is 0.319. The molecular formula is C25H47F2NO2. The number of ether oxygens (including phenoxy) is 2. The van der Waals surface area contributed by atoms with Crippen LogP contribution in [0.4, 0.5) is 14.5 Å². The molecule has 0 aliphatic heterocycles. The maximum atomic E-state index is 14.4. The summed E-state index contributed by atoms with van der Waals surface area (Å²) >= 11 is 0. The topological polar surface area (TPSA) is 30.5 Å². The van der Waals surface area contributed by atoms with E-state index < -0.39 is 6.29 Å². The molecule has 0 aromatic heterocycles. The van der Waals surface area contributed by atoms with Gasteiger partial charge in [0, 0.05) is 30.5 Å². The van der Waals surface area contributed by atoms with Gasteiger partial charge in [0.1, 0.15) is 5.82 Å². The first-order valence-electron chi connectivity index (χ1n) is 11.8. The summed E-state index contributed by atoms with van der Waals surface area (Å²) in [4.78, 5) is 0. The molecule has 0 fully saturated rings. The molecule has 0 amide bonds. The van der Waals surface area contributed by atoms with E-state index >= 15 is 0 Å². The molecule has 2 atom stereocenters. The zero-order valence-corrected chi connectivity index (χ0v) is 20.7. The Morgan fingerprint density at radius 3 is 1.93 bits per heavy atom. The molecule has 0 saturated carbocycles. The third-order valence-corrected chi connectivity index (χ3v) is 4.63. The second-order valence-corrected chi connectivity index (χ2v) is 7.02. The van der Waals surface area contributed by atoms with Crippen LogP contribution in [0.25, 0.3) is 0 Å². The van der Waals surface area contributed by atoms with Crippen LogP contribution in [0.15, 0.2) is 18.2 Å². The fourth-order valence-corrected chi connectivity index (χ4v) is 2.69. The Labute approximate surface area is 184 Å². The van der Waals surface area contributed by atoms with Gasteiger partial charge in [0.05, 0.1) is 6.67 Å². The monoisotopic (exact) mass is 431 g/mol. The van der Waals surface area contributed by atoms with Gasteiger partial charge in [0.25, 0.3) is 0 Å². The molecule has 0 spiro atoms. The zero-order valence-electron chi connectivity index (χ0n) is 20.7. The highest BCUT2D eigenvalue weighted by Crippen LogP contribution is 2.26. The number of anilines is 1. The van der Waals surface area contributed by atoms with Gasteiger partial charge in [-0.2, -0.15) is 0 Å². The van der Waals surface area contributed by atoms with E-state index in [-0.39, 0.29) is 12.5 Å². The lowest BCUT2D eigenvalue weighted by Gasteiger charge is -2.22. The molecule has 0 aliphatic rings. The predicted octanol–water partition coefficient (Wildman–Crippen LogP) is 8.31. The van der Waals surface area contributed by atoms with Gasteiger partial charge in [-0.15, -0.1) is 0 Å². The Morgan fingerprint density at radius 1 is 0.967 bits per heavy atom. The van der Waals surface area contributed by atoms with Crippen LogP contribution in [0.5, 0.6) is 0 Å². The van der Waals surface area contributed by atoms with E-state index in [2.05, 4.69) is 26.1 Å².